The highest BCUT2D eigenvalue weighted by molar-refractivity contribution is 5.50. The monoisotopic (exact) mass is 289 g/mol. The second kappa shape index (κ2) is 8.33. The normalized spacial score (nSPS) is 17.0. The predicted molar refractivity (Wildman–Crippen MR) is 89.0 cm³/mol. The summed E-state index contributed by atoms with van der Waals surface area (Å²) in [6.45, 7) is 7.36. The van der Waals surface area contributed by atoms with E-state index in [1.807, 2.05) is 12.1 Å². The Morgan fingerprint density at radius 3 is 2.48 bits per heavy atom. The molecule has 1 aromatic carbocycles. The predicted octanol–water partition coefficient (Wildman–Crippen LogP) is 5.23. The van der Waals surface area contributed by atoms with Crippen molar-refractivity contribution in [2.24, 2.45) is 0 Å². The van der Waals surface area contributed by atoms with E-state index in [0.717, 1.165) is 43.6 Å². The fraction of sp³-hybridized carbons (Fsp3) is 0.579. The third-order valence-electron chi connectivity index (χ3n) is 4.64. The molecule has 0 aromatic heterocycles. The van der Waals surface area contributed by atoms with Crippen LogP contribution in [0.25, 0.3) is 6.08 Å². The van der Waals surface area contributed by atoms with Crippen LogP contribution in [0.5, 0.6) is 0 Å². The average molecular weight is 289 g/mol. The van der Waals surface area contributed by atoms with Gasteiger partial charge in [0.15, 0.2) is 0 Å². The van der Waals surface area contributed by atoms with Crippen LogP contribution in [-0.2, 0) is 0 Å². The summed E-state index contributed by atoms with van der Waals surface area (Å²) >= 11 is 0. The molecule has 1 fully saturated rings. The Balaban J connectivity index is 1.99. The molecular formula is C19H28FN. The highest BCUT2D eigenvalue weighted by Crippen LogP contribution is 2.34. The first-order chi connectivity index (χ1) is 10.2. The van der Waals surface area contributed by atoms with E-state index >= 15 is 0 Å². The van der Waals surface area contributed by atoms with Gasteiger partial charge in [0.25, 0.3) is 0 Å². The van der Waals surface area contributed by atoms with Gasteiger partial charge in [0.05, 0.1) is 0 Å². The Hall–Kier alpha value is -1.15. The summed E-state index contributed by atoms with van der Waals surface area (Å²) in [6, 6.07) is 5.76. The van der Waals surface area contributed by atoms with Crippen LogP contribution >= 0.6 is 0 Å². The summed E-state index contributed by atoms with van der Waals surface area (Å²) in [5.74, 6) is 0.416. The van der Waals surface area contributed by atoms with Crippen LogP contribution in [-0.4, -0.2) is 24.5 Å². The van der Waals surface area contributed by atoms with E-state index in [4.69, 9.17) is 0 Å². The van der Waals surface area contributed by atoms with Crippen molar-refractivity contribution in [1.29, 1.82) is 0 Å². The van der Waals surface area contributed by atoms with Gasteiger partial charge in [-0.2, -0.15) is 0 Å². The minimum atomic E-state index is -0.0214. The molecule has 1 nitrogen and oxygen atoms in total. The molecule has 0 spiro atoms. The SMILES string of the molecule is CCN(CC)CC=Cc1ccc(C2CCCCC2)c(F)c1. The van der Waals surface area contributed by atoms with Gasteiger partial charge in [0.1, 0.15) is 5.82 Å². The van der Waals surface area contributed by atoms with Crippen LogP contribution in [0.4, 0.5) is 4.39 Å². The van der Waals surface area contributed by atoms with Crippen molar-refractivity contribution in [3.63, 3.8) is 0 Å². The molecule has 1 aromatic rings. The minimum Gasteiger partial charge on any atom is -0.300 e. The molecule has 1 saturated carbocycles. The molecule has 2 rings (SSSR count). The molecule has 0 radical (unpaired) electrons. The van der Waals surface area contributed by atoms with E-state index < -0.39 is 0 Å². The summed E-state index contributed by atoms with van der Waals surface area (Å²) in [4.78, 5) is 2.34. The Kier molecular flexibility index (Phi) is 6.44. The Morgan fingerprint density at radius 2 is 1.86 bits per heavy atom. The molecule has 0 saturated heterocycles. The fourth-order valence-corrected chi connectivity index (χ4v) is 3.21. The van der Waals surface area contributed by atoms with Gasteiger partial charge >= 0.3 is 0 Å². The third kappa shape index (κ3) is 4.67. The summed E-state index contributed by atoms with van der Waals surface area (Å²) in [6.07, 6.45) is 10.3. The Bertz CT molecular complexity index is 457. The zero-order chi connectivity index (χ0) is 15.1. The number of nitrogens with zero attached hydrogens (tertiary/aromatic N) is 1. The molecule has 0 heterocycles. The van der Waals surface area contributed by atoms with Gasteiger partial charge in [-0.15, -0.1) is 0 Å². The van der Waals surface area contributed by atoms with Gasteiger partial charge in [0, 0.05) is 6.54 Å². The minimum absolute atomic E-state index is 0.0214. The number of likely N-dealkylation sites (N-methyl/N-ethyl adjacent to an activating group) is 1. The molecule has 21 heavy (non-hydrogen) atoms. The van der Waals surface area contributed by atoms with Crippen LogP contribution < -0.4 is 0 Å². The van der Waals surface area contributed by atoms with Crippen molar-refractivity contribution < 1.29 is 4.39 Å². The van der Waals surface area contributed by atoms with E-state index in [1.54, 1.807) is 6.07 Å². The maximum Gasteiger partial charge on any atom is 0.127 e. The highest BCUT2D eigenvalue weighted by atomic mass is 19.1. The number of halogens is 1. The van der Waals surface area contributed by atoms with Crippen molar-refractivity contribution in [3.8, 4) is 0 Å². The van der Waals surface area contributed by atoms with Crippen molar-refractivity contribution in [2.45, 2.75) is 51.9 Å². The van der Waals surface area contributed by atoms with Crippen LogP contribution in [0.15, 0.2) is 24.3 Å². The van der Waals surface area contributed by atoms with E-state index in [0.29, 0.717) is 5.92 Å². The highest BCUT2D eigenvalue weighted by Gasteiger charge is 2.18. The van der Waals surface area contributed by atoms with Crippen LogP contribution in [0.3, 0.4) is 0 Å². The van der Waals surface area contributed by atoms with Crippen molar-refractivity contribution in [1.82, 2.24) is 4.90 Å². The number of hydrogen-bond donors (Lipinski definition) is 0. The zero-order valence-corrected chi connectivity index (χ0v) is 13.4. The lowest BCUT2D eigenvalue weighted by atomic mass is 9.83. The lowest BCUT2D eigenvalue weighted by Gasteiger charge is -2.22. The van der Waals surface area contributed by atoms with Crippen LogP contribution in [0, 0.1) is 5.82 Å². The van der Waals surface area contributed by atoms with Crippen LogP contribution in [0.2, 0.25) is 0 Å². The number of benzene rings is 1. The third-order valence-corrected chi connectivity index (χ3v) is 4.64. The standard InChI is InChI=1S/C19H28FN/c1-3-21(4-2)14-8-9-16-12-13-18(19(20)15-16)17-10-6-5-7-11-17/h8-9,12-13,15,17H,3-7,10-11,14H2,1-2H3. The maximum absolute atomic E-state index is 14.3. The second-order valence-corrected chi connectivity index (χ2v) is 6.00. The Labute approximate surface area is 128 Å². The lowest BCUT2D eigenvalue weighted by molar-refractivity contribution is 0.338. The summed E-state index contributed by atoms with van der Waals surface area (Å²) < 4.78 is 14.3. The molecule has 0 aliphatic heterocycles. The molecule has 1 aliphatic carbocycles. The average Bonchev–Trinajstić information content (AvgIpc) is 2.52. The van der Waals surface area contributed by atoms with Gasteiger partial charge < -0.3 is 4.90 Å². The largest absolute Gasteiger partial charge is 0.300 e. The molecule has 116 valence electrons. The molecule has 2 heteroatoms. The summed E-state index contributed by atoms with van der Waals surface area (Å²) in [7, 11) is 0. The van der Waals surface area contributed by atoms with E-state index in [9.17, 15) is 4.39 Å². The van der Waals surface area contributed by atoms with Gasteiger partial charge in [0.2, 0.25) is 0 Å². The van der Waals surface area contributed by atoms with Crippen LogP contribution in [0.1, 0.15) is 63.0 Å². The number of hydrogen-bond acceptors (Lipinski definition) is 1. The van der Waals surface area contributed by atoms with Crippen molar-refractivity contribution >= 4 is 6.08 Å². The first-order valence-electron chi connectivity index (χ1n) is 8.43. The fourth-order valence-electron chi connectivity index (χ4n) is 3.21. The van der Waals surface area contributed by atoms with E-state index in [-0.39, 0.29) is 5.82 Å². The molecular weight excluding hydrogens is 261 g/mol. The van der Waals surface area contributed by atoms with Gasteiger partial charge in [-0.1, -0.05) is 57.4 Å². The zero-order valence-electron chi connectivity index (χ0n) is 13.4. The molecule has 0 amide bonds. The molecule has 0 unspecified atom stereocenters. The molecule has 0 atom stereocenters. The van der Waals surface area contributed by atoms with Gasteiger partial charge in [-0.05, 0) is 49.0 Å². The number of rotatable bonds is 6. The lowest BCUT2D eigenvalue weighted by Crippen LogP contribution is -2.22. The quantitative estimate of drug-likeness (QED) is 0.693. The van der Waals surface area contributed by atoms with Crippen molar-refractivity contribution in [2.75, 3.05) is 19.6 Å². The summed E-state index contributed by atoms with van der Waals surface area (Å²) in [5.41, 5.74) is 1.90. The second-order valence-electron chi connectivity index (χ2n) is 6.00. The van der Waals surface area contributed by atoms with Gasteiger partial charge in [-0.25, -0.2) is 4.39 Å². The summed E-state index contributed by atoms with van der Waals surface area (Å²) in [5, 5.41) is 0. The molecule has 0 N–H and O–H groups in total. The first kappa shape index (κ1) is 16.2. The van der Waals surface area contributed by atoms with E-state index in [2.05, 4.69) is 30.9 Å². The molecule has 0 bridgehead atoms. The maximum atomic E-state index is 14.3. The molecule has 1 aliphatic rings. The van der Waals surface area contributed by atoms with E-state index in [1.165, 1.54) is 19.3 Å². The topological polar surface area (TPSA) is 3.24 Å². The first-order valence-corrected chi connectivity index (χ1v) is 8.43. The smallest absolute Gasteiger partial charge is 0.127 e. The van der Waals surface area contributed by atoms with Crippen molar-refractivity contribution in [3.05, 3.63) is 41.2 Å². The Morgan fingerprint density at radius 1 is 1.14 bits per heavy atom. The van der Waals surface area contributed by atoms with Gasteiger partial charge in [-0.3, -0.25) is 0 Å².